The topological polar surface area (TPSA) is 40.1 Å². The van der Waals surface area contributed by atoms with Crippen molar-refractivity contribution < 1.29 is 14.3 Å². The number of halogens is 1. The molecule has 0 aliphatic rings. The molecule has 2 aromatic carbocycles. The molecule has 0 bridgehead atoms. The zero-order chi connectivity index (χ0) is 12.3. The number of aliphatic carboxylic acids is 1. The Bertz CT molecular complexity index is 535. The molecular formula is C14H10FO2-. The molecule has 0 saturated carbocycles. The second kappa shape index (κ2) is 4.78. The van der Waals surface area contributed by atoms with Crippen LogP contribution in [0.4, 0.5) is 4.39 Å². The standard InChI is InChI=1S/C14H11FO2/c15-13-8-10(9-14(16)17)6-7-12(13)11-4-2-1-3-5-11/h1-8H,9H2,(H,16,17)/p-1. The summed E-state index contributed by atoms with van der Waals surface area (Å²) in [6.07, 6.45) is -0.272. The summed E-state index contributed by atoms with van der Waals surface area (Å²) in [5, 5.41) is 10.4. The van der Waals surface area contributed by atoms with Gasteiger partial charge in [0.15, 0.2) is 0 Å². The molecular weight excluding hydrogens is 219 g/mol. The maximum absolute atomic E-state index is 13.8. The van der Waals surface area contributed by atoms with Crippen LogP contribution < -0.4 is 5.11 Å². The first-order valence-electron chi connectivity index (χ1n) is 5.20. The molecule has 0 N–H and O–H groups in total. The minimum absolute atomic E-state index is 0.272. The van der Waals surface area contributed by atoms with Gasteiger partial charge in [0.1, 0.15) is 5.82 Å². The van der Waals surface area contributed by atoms with Gasteiger partial charge in [-0.1, -0.05) is 42.5 Å². The molecule has 0 unspecified atom stereocenters. The lowest BCUT2D eigenvalue weighted by Gasteiger charge is -2.07. The van der Waals surface area contributed by atoms with E-state index in [2.05, 4.69) is 0 Å². The van der Waals surface area contributed by atoms with Gasteiger partial charge in [-0.2, -0.15) is 0 Å². The van der Waals surface area contributed by atoms with Crippen LogP contribution in [-0.2, 0) is 11.2 Å². The van der Waals surface area contributed by atoms with Crippen LogP contribution >= 0.6 is 0 Å². The molecule has 2 rings (SSSR count). The summed E-state index contributed by atoms with van der Waals surface area (Å²) in [7, 11) is 0. The molecule has 0 aliphatic heterocycles. The zero-order valence-corrected chi connectivity index (χ0v) is 9.02. The molecule has 17 heavy (non-hydrogen) atoms. The molecule has 0 heterocycles. The van der Waals surface area contributed by atoms with Gasteiger partial charge in [-0.25, -0.2) is 4.39 Å². The maximum Gasteiger partial charge on any atom is 0.131 e. The summed E-state index contributed by atoms with van der Waals surface area (Å²) in [6.45, 7) is 0. The van der Waals surface area contributed by atoms with Gasteiger partial charge in [0.05, 0.1) is 0 Å². The van der Waals surface area contributed by atoms with E-state index in [-0.39, 0.29) is 6.42 Å². The Morgan fingerprint density at radius 1 is 1.12 bits per heavy atom. The Kier molecular flexibility index (Phi) is 3.19. The average molecular weight is 229 g/mol. The number of carboxylic acid groups (broad SMARTS) is 1. The van der Waals surface area contributed by atoms with Crippen molar-refractivity contribution in [1.29, 1.82) is 0 Å². The second-order valence-corrected chi connectivity index (χ2v) is 3.73. The fraction of sp³-hybridized carbons (Fsp3) is 0.0714. The number of hydrogen-bond acceptors (Lipinski definition) is 2. The third kappa shape index (κ3) is 2.69. The van der Waals surface area contributed by atoms with Crippen molar-refractivity contribution in [2.75, 3.05) is 0 Å². The molecule has 0 saturated heterocycles. The molecule has 0 aliphatic carbocycles. The van der Waals surface area contributed by atoms with Gasteiger partial charge >= 0.3 is 0 Å². The van der Waals surface area contributed by atoms with E-state index >= 15 is 0 Å². The Morgan fingerprint density at radius 3 is 2.41 bits per heavy atom. The van der Waals surface area contributed by atoms with Gasteiger partial charge in [0.25, 0.3) is 0 Å². The monoisotopic (exact) mass is 229 g/mol. The lowest BCUT2D eigenvalue weighted by molar-refractivity contribution is -0.304. The average Bonchev–Trinajstić information content (AvgIpc) is 2.29. The number of hydrogen-bond donors (Lipinski definition) is 0. The van der Waals surface area contributed by atoms with Crippen molar-refractivity contribution in [2.45, 2.75) is 6.42 Å². The van der Waals surface area contributed by atoms with E-state index in [4.69, 9.17) is 0 Å². The van der Waals surface area contributed by atoms with Crippen LogP contribution in [0.1, 0.15) is 5.56 Å². The number of rotatable bonds is 3. The number of carboxylic acids is 1. The van der Waals surface area contributed by atoms with E-state index in [1.807, 2.05) is 18.2 Å². The van der Waals surface area contributed by atoms with Crippen LogP contribution in [0.5, 0.6) is 0 Å². The molecule has 2 aromatic rings. The molecule has 0 aromatic heterocycles. The largest absolute Gasteiger partial charge is 0.550 e. The van der Waals surface area contributed by atoms with Crippen molar-refractivity contribution in [2.24, 2.45) is 0 Å². The minimum Gasteiger partial charge on any atom is -0.550 e. The predicted octanol–water partition coefficient (Wildman–Crippen LogP) is 1.79. The molecule has 0 amide bonds. The van der Waals surface area contributed by atoms with E-state index in [1.54, 1.807) is 24.3 Å². The van der Waals surface area contributed by atoms with Gasteiger partial charge in [-0.05, 0) is 17.2 Å². The first-order valence-corrected chi connectivity index (χ1v) is 5.20. The fourth-order valence-corrected chi connectivity index (χ4v) is 1.69. The summed E-state index contributed by atoms with van der Waals surface area (Å²) in [5.74, 6) is -1.63. The Balaban J connectivity index is 2.35. The van der Waals surface area contributed by atoms with E-state index in [0.29, 0.717) is 11.1 Å². The van der Waals surface area contributed by atoms with E-state index < -0.39 is 11.8 Å². The third-order valence-corrected chi connectivity index (χ3v) is 2.47. The van der Waals surface area contributed by atoms with Crippen molar-refractivity contribution in [3.8, 4) is 11.1 Å². The predicted molar refractivity (Wildman–Crippen MR) is 60.5 cm³/mol. The summed E-state index contributed by atoms with van der Waals surface area (Å²) < 4.78 is 13.8. The van der Waals surface area contributed by atoms with Crippen LogP contribution in [-0.4, -0.2) is 5.97 Å². The van der Waals surface area contributed by atoms with Crippen LogP contribution in [0.3, 0.4) is 0 Å². The van der Waals surface area contributed by atoms with Crippen LogP contribution in [0.2, 0.25) is 0 Å². The summed E-state index contributed by atoms with van der Waals surface area (Å²) in [6, 6.07) is 13.5. The highest BCUT2D eigenvalue weighted by Crippen LogP contribution is 2.23. The van der Waals surface area contributed by atoms with Crippen LogP contribution in [0.15, 0.2) is 48.5 Å². The minimum atomic E-state index is -1.21. The van der Waals surface area contributed by atoms with Crippen molar-refractivity contribution in [3.05, 3.63) is 59.9 Å². The molecule has 3 heteroatoms. The molecule has 86 valence electrons. The van der Waals surface area contributed by atoms with Gasteiger partial charge in [0.2, 0.25) is 0 Å². The summed E-state index contributed by atoms with van der Waals surface area (Å²) in [5.41, 5.74) is 1.64. The molecule has 0 atom stereocenters. The van der Waals surface area contributed by atoms with E-state index in [9.17, 15) is 14.3 Å². The normalized spacial score (nSPS) is 10.2. The van der Waals surface area contributed by atoms with Crippen molar-refractivity contribution >= 4 is 5.97 Å². The van der Waals surface area contributed by atoms with E-state index in [1.165, 1.54) is 6.07 Å². The second-order valence-electron chi connectivity index (χ2n) is 3.73. The van der Waals surface area contributed by atoms with Gasteiger partial charge in [0, 0.05) is 18.0 Å². The summed E-state index contributed by atoms with van der Waals surface area (Å²) >= 11 is 0. The lowest BCUT2D eigenvalue weighted by Crippen LogP contribution is -2.24. The first kappa shape index (κ1) is 11.3. The Hall–Kier alpha value is -2.16. The van der Waals surface area contributed by atoms with Gasteiger partial charge in [-0.15, -0.1) is 0 Å². The number of carbonyl (C=O) groups is 1. The van der Waals surface area contributed by atoms with Gasteiger partial charge < -0.3 is 9.90 Å². The molecule has 0 fully saturated rings. The molecule has 0 radical (unpaired) electrons. The van der Waals surface area contributed by atoms with Crippen molar-refractivity contribution in [1.82, 2.24) is 0 Å². The fourth-order valence-electron chi connectivity index (χ4n) is 1.69. The highest BCUT2D eigenvalue weighted by Gasteiger charge is 2.05. The first-order chi connectivity index (χ1) is 8.16. The highest BCUT2D eigenvalue weighted by molar-refractivity contribution is 5.69. The maximum atomic E-state index is 13.8. The number of benzene rings is 2. The van der Waals surface area contributed by atoms with E-state index in [0.717, 1.165) is 5.56 Å². The van der Waals surface area contributed by atoms with Gasteiger partial charge in [-0.3, -0.25) is 0 Å². The van der Waals surface area contributed by atoms with Crippen LogP contribution in [0.25, 0.3) is 11.1 Å². The highest BCUT2D eigenvalue weighted by atomic mass is 19.1. The number of carbonyl (C=O) groups excluding carboxylic acids is 1. The lowest BCUT2D eigenvalue weighted by atomic mass is 10.0. The molecule has 0 spiro atoms. The zero-order valence-electron chi connectivity index (χ0n) is 9.02. The Morgan fingerprint density at radius 2 is 1.82 bits per heavy atom. The molecule has 2 nitrogen and oxygen atoms in total. The Labute approximate surface area is 98.3 Å². The summed E-state index contributed by atoms with van der Waals surface area (Å²) in [4.78, 5) is 10.4. The van der Waals surface area contributed by atoms with Crippen LogP contribution in [0, 0.1) is 5.82 Å². The third-order valence-electron chi connectivity index (χ3n) is 2.47. The smallest absolute Gasteiger partial charge is 0.131 e. The quantitative estimate of drug-likeness (QED) is 0.805. The SMILES string of the molecule is O=C([O-])Cc1ccc(-c2ccccc2)c(F)c1. The van der Waals surface area contributed by atoms with Crippen molar-refractivity contribution in [3.63, 3.8) is 0 Å².